The highest BCUT2D eigenvalue weighted by atomic mass is 19.4. The fourth-order valence-corrected chi connectivity index (χ4v) is 2.37. The summed E-state index contributed by atoms with van der Waals surface area (Å²) in [6, 6.07) is 9.87. The number of aliphatic hydroxyl groups is 1. The minimum Gasteiger partial charge on any atom is -0.377 e. The number of rotatable bonds is 3. The second-order valence-electron chi connectivity index (χ2n) is 5.10. The van der Waals surface area contributed by atoms with Crippen molar-refractivity contribution in [2.45, 2.75) is 11.8 Å². The van der Waals surface area contributed by atoms with Crippen LogP contribution in [0.15, 0.2) is 48.5 Å². The number of alkyl halides is 3. The first-order valence-electron chi connectivity index (χ1n) is 6.50. The molecular formula is C16H15F4NO. The number of halogens is 4. The van der Waals surface area contributed by atoms with Gasteiger partial charge in [0, 0.05) is 30.9 Å². The molecule has 0 radical (unpaired) electrons. The van der Waals surface area contributed by atoms with E-state index < -0.39 is 28.7 Å². The second-order valence-corrected chi connectivity index (χ2v) is 5.10. The van der Waals surface area contributed by atoms with Crippen LogP contribution in [0.5, 0.6) is 0 Å². The molecule has 0 heterocycles. The Labute approximate surface area is 125 Å². The van der Waals surface area contributed by atoms with Gasteiger partial charge in [-0.15, -0.1) is 0 Å². The minimum atomic E-state index is -5.08. The van der Waals surface area contributed by atoms with Gasteiger partial charge in [-0.2, -0.15) is 13.2 Å². The Balaban J connectivity index is 2.81. The summed E-state index contributed by atoms with van der Waals surface area (Å²) in [6.45, 7) is 0. The van der Waals surface area contributed by atoms with Gasteiger partial charge >= 0.3 is 6.18 Å². The maximum Gasteiger partial charge on any atom is 0.425 e. The molecule has 0 aliphatic rings. The van der Waals surface area contributed by atoms with Crippen molar-refractivity contribution in [3.05, 3.63) is 65.5 Å². The van der Waals surface area contributed by atoms with E-state index in [9.17, 15) is 22.7 Å². The van der Waals surface area contributed by atoms with Crippen molar-refractivity contribution in [1.82, 2.24) is 0 Å². The van der Waals surface area contributed by atoms with Crippen molar-refractivity contribution in [2.75, 3.05) is 19.0 Å². The number of anilines is 1. The third-order valence-electron chi connectivity index (χ3n) is 3.45. The highest BCUT2D eigenvalue weighted by Gasteiger charge is 2.58. The number of hydrogen-bond donors (Lipinski definition) is 1. The van der Waals surface area contributed by atoms with Crippen LogP contribution in [-0.4, -0.2) is 25.4 Å². The molecule has 0 bridgehead atoms. The average molecular weight is 313 g/mol. The molecule has 1 atom stereocenters. The van der Waals surface area contributed by atoms with Crippen molar-refractivity contribution in [3.8, 4) is 0 Å². The zero-order valence-electron chi connectivity index (χ0n) is 12.0. The number of hydrogen-bond acceptors (Lipinski definition) is 2. The lowest BCUT2D eigenvalue weighted by Crippen LogP contribution is -2.44. The Hall–Kier alpha value is -2.08. The summed E-state index contributed by atoms with van der Waals surface area (Å²) in [4.78, 5) is 1.44. The lowest BCUT2D eigenvalue weighted by atomic mass is 9.84. The third kappa shape index (κ3) is 2.54. The fraction of sp³-hybridized carbons (Fsp3) is 0.250. The van der Waals surface area contributed by atoms with Crippen LogP contribution in [0.1, 0.15) is 11.1 Å². The molecule has 0 aliphatic carbocycles. The normalized spacial score (nSPS) is 14.5. The van der Waals surface area contributed by atoms with Gasteiger partial charge in [0.15, 0.2) is 0 Å². The van der Waals surface area contributed by atoms with Crippen LogP contribution >= 0.6 is 0 Å². The molecule has 0 fully saturated rings. The summed E-state index contributed by atoms with van der Waals surface area (Å²) >= 11 is 0. The molecule has 1 unspecified atom stereocenters. The van der Waals surface area contributed by atoms with Gasteiger partial charge in [-0.3, -0.25) is 0 Å². The quantitative estimate of drug-likeness (QED) is 0.874. The Morgan fingerprint density at radius 1 is 0.864 bits per heavy atom. The number of para-hydroxylation sites is 1. The van der Waals surface area contributed by atoms with E-state index in [2.05, 4.69) is 0 Å². The SMILES string of the molecule is CN(C)c1ccccc1C(O)(c1ccccc1F)C(F)(F)F. The lowest BCUT2D eigenvalue weighted by molar-refractivity contribution is -0.249. The molecule has 0 aliphatic heterocycles. The van der Waals surface area contributed by atoms with Gasteiger partial charge in [-0.05, 0) is 12.1 Å². The molecule has 6 heteroatoms. The second kappa shape index (κ2) is 5.61. The van der Waals surface area contributed by atoms with E-state index in [0.717, 1.165) is 18.2 Å². The number of nitrogens with zero attached hydrogens (tertiary/aromatic N) is 1. The molecular weight excluding hydrogens is 298 g/mol. The van der Waals surface area contributed by atoms with Crippen molar-refractivity contribution < 1.29 is 22.7 Å². The predicted octanol–water partition coefficient (Wildman–Crippen LogP) is 3.69. The van der Waals surface area contributed by atoms with Crippen molar-refractivity contribution in [1.29, 1.82) is 0 Å². The highest BCUT2D eigenvalue weighted by Crippen LogP contribution is 2.47. The number of benzene rings is 2. The van der Waals surface area contributed by atoms with E-state index in [1.165, 1.54) is 29.2 Å². The first kappa shape index (κ1) is 16.3. The van der Waals surface area contributed by atoms with Crippen LogP contribution in [0, 0.1) is 5.82 Å². The Morgan fingerprint density at radius 2 is 1.36 bits per heavy atom. The van der Waals surface area contributed by atoms with Crippen LogP contribution in [0.2, 0.25) is 0 Å². The lowest BCUT2D eigenvalue weighted by Gasteiger charge is -2.34. The summed E-state index contributed by atoms with van der Waals surface area (Å²) in [5.74, 6) is -1.11. The fourth-order valence-electron chi connectivity index (χ4n) is 2.37. The Kier molecular flexibility index (Phi) is 4.15. The molecule has 22 heavy (non-hydrogen) atoms. The first-order valence-corrected chi connectivity index (χ1v) is 6.50. The molecule has 0 amide bonds. The van der Waals surface area contributed by atoms with Crippen molar-refractivity contribution in [2.24, 2.45) is 0 Å². The van der Waals surface area contributed by atoms with E-state index in [0.29, 0.717) is 0 Å². The molecule has 0 saturated heterocycles. The molecule has 2 aromatic rings. The van der Waals surface area contributed by atoms with E-state index >= 15 is 0 Å². The standard InChI is InChI=1S/C16H15F4NO/c1-21(2)14-10-6-4-8-12(14)15(22,16(18,19)20)11-7-3-5-9-13(11)17/h3-10,22H,1-2H3. The first-order chi connectivity index (χ1) is 10.2. The van der Waals surface area contributed by atoms with Crippen molar-refractivity contribution >= 4 is 5.69 Å². The molecule has 1 N–H and O–H groups in total. The maximum atomic E-state index is 14.0. The molecule has 0 aromatic heterocycles. The maximum absolute atomic E-state index is 14.0. The molecule has 2 rings (SSSR count). The largest absolute Gasteiger partial charge is 0.425 e. The van der Waals surface area contributed by atoms with E-state index in [1.54, 1.807) is 20.2 Å². The van der Waals surface area contributed by atoms with Gasteiger partial charge in [0.05, 0.1) is 0 Å². The summed E-state index contributed by atoms with van der Waals surface area (Å²) in [5.41, 5.74) is -4.51. The summed E-state index contributed by atoms with van der Waals surface area (Å²) in [6.07, 6.45) is -5.08. The highest BCUT2D eigenvalue weighted by molar-refractivity contribution is 5.58. The van der Waals surface area contributed by atoms with E-state index in [1.807, 2.05) is 0 Å². The van der Waals surface area contributed by atoms with Gasteiger partial charge in [-0.25, -0.2) is 4.39 Å². The topological polar surface area (TPSA) is 23.5 Å². The average Bonchev–Trinajstić information content (AvgIpc) is 2.45. The zero-order chi connectivity index (χ0) is 16.5. The molecule has 0 saturated carbocycles. The Morgan fingerprint density at radius 3 is 1.86 bits per heavy atom. The third-order valence-corrected chi connectivity index (χ3v) is 3.45. The summed E-state index contributed by atoms with van der Waals surface area (Å²) in [5, 5.41) is 10.5. The molecule has 0 spiro atoms. The van der Waals surface area contributed by atoms with E-state index in [4.69, 9.17) is 0 Å². The van der Waals surface area contributed by atoms with Crippen LogP contribution in [0.25, 0.3) is 0 Å². The summed E-state index contributed by atoms with van der Waals surface area (Å²) in [7, 11) is 3.11. The smallest absolute Gasteiger partial charge is 0.377 e. The zero-order valence-corrected chi connectivity index (χ0v) is 12.0. The monoisotopic (exact) mass is 313 g/mol. The van der Waals surface area contributed by atoms with Crippen LogP contribution in [-0.2, 0) is 5.60 Å². The van der Waals surface area contributed by atoms with Gasteiger partial charge in [-0.1, -0.05) is 36.4 Å². The van der Waals surface area contributed by atoms with Crippen molar-refractivity contribution in [3.63, 3.8) is 0 Å². The Bertz CT molecular complexity index is 669. The van der Waals surface area contributed by atoms with Gasteiger partial charge in [0.25, 0.3) is 0 Å². The van der Waals surface area contributed by atoms with E-state index in [-0.39, 0.29) is 5.69 Å². The van der Waals surface area contributed by atoms with Gasteiger partial charge in [0.2, 0.25) is 5.60 Å². The van der Waals surface area contributed by atoms with Gasteiger partial charge < -0.3 is 10.0 Å². The summed E-state index contributed by atoms with van der Waals surface area (Å²) < 4.78 is 55.0. The predicted molar refractivity (Wildman–Crippen MR) is 76.2 cm³/mol. The van der Waals surface area contributed by atoms with Crippen LogP contribution in [0.4, 0.5) is 23.2 Å². The van der Waals surface area contributed by atoms with Gasteiger partial charge in [0.1, 0.15) is 5.82 Å². The molecule has 2 aromatic carbocycles. The molecule has 2 nitrogen and oxygen atoms in total. The minimum absolute atomic E-state index is 0.158. The van der Waals surface area contributed by atoms with Crippen LogP contribution < -0.4 is 4.90 Å². The molecule has 118 valence electrons. The van der Waals surface area contributed by atoms with Crippen LogP contribution in [0.3, 0.4) is 0 Å².